The molecule has 20 heavy (non-hydrogen) atoms. The van der Waals surface area contributed by atoms with E-state index in [4.69, 9.17) is 16.3 Å². The summed E-state index contributed by atoms with van der Waals surface area (Å²) in [6.45, 7) is 7.46. The van der Waals surface area contributed by atoms with Gasteiger partial charge in [-0.3, -0.25) is 0 Å². The zero-order valence-electron chi connectivity index (χ0n) is 12.8. The normalized spacial score (nSPS) is 26.5. The van der Waals surface area contributed by atoms with Gasteiger partial charge in [0, 0.05) is 11.1 Å². The highest BCUT2D eigenvalue weighted by Crippen LogP contribution is 2.31. The van der Waals surface area contributed by atoms with Crippen LogP contribution in [0.2, 0.25) is 5.02 Å². The molecule has 0 spiro atoms. The lowest BCUT2D eigenvalue weighted by Crippen LogP contribution is -2.47. The molecule has 1 fully saturated rings. The first-order valence-corrected chi connectivity index (χ1v) is 8.18. The van der Waals surface area contributed by atoms with E-state index in [1.54, 1.807) is 0 Å². The van der Waals surface area contributed by atoms with E-state index in [0.717, 1.165) is 35.2 Å². The smallest absolute Gasteiger partial charge is 0.120 e. The number of hydrogen-bond donors (Lipinski definition) is 1. The molecule has 1 aromatic rings. The Kier molecular flexibility index (Phi) is 5.74. The first-order valence-electron chi connectivity index (χ1n) is 7.80. The Morgan fingerprint density at radius 2 is 2.10 bits per heavy atom. The van der Waals surface area contributed by atoms with E-state index >= 15 is 0 Å². The number of nitrogens with one attached hydrogen (secondary N) is 1. The lowest BCUT2D eigenvalue weighted by atomic mass is 9.82. The number of ether oxygens (including phenoxy) is 1. The number of rotatable bonds is 5. The average Bonchev–Trinajstić information content (AvgIpc) is 2.45. The Morgan fingerprint density at radius 1 is 1.30 bits per heavy atom. The standard InChI is InChI=1S/C17H26ClNO/c1-4-13-6-9-16(19-5-2)17(11-13)20-14-7-8-15(18)12(3)10-14/h7-8,10,13,16-17,19H,4-6,9,11H2,1-3H3. The van der Waals surface area contributed by atoms with Crippen LogP contribution in [0.25, 0.3) is 0 Å². The van der Waals surface area contributed by atoms with Gasteiger partial charge in [0.25, 0.3) is 0 Å². The van der Waals surface area contributed by atoms with Crippen molar-refractivity contribution in [3.05, 3.63) is 28.8 Å². The van der Waals surface area contributed by atoms with Gasteiger partial charge in [0.05, 0.1) is 0 Å². The maximum Gasteiger partial charge on any atom is 0.120 e. The molecule has 1 aliphatic rings. The molecule has 0 saturated heterocycles. The van der Waals surface area contributed by atoms with Gasteiger partial charge >= 0.3 is 0 Å². The minimum Gasteiger partial charge on any atom is -0.489 e. The maximum atomic E-state index is 6.27. The average molecular weight is 296 g/mol. The highest BCUT2D eigenvalue weighted by atomic mass is 35.5. The molecule has 3 unspecified atom stereocenters. The van der Waals surface area contributed by atoms with Crippen LogP contribution in [0, 0.1) is 12.8 Å². The largest absolute Gasteiger partial charge is 0.489 e. The summed E-state index contributed by atoms with van der Waals surface area (Å²) in [7, 11) is 0. The van der Waals surface area contributed by atoms with Crippen molar-refractivity contribution in [1.29, 1.82) is 0 Å². The highest BCUT2D eigenvalue weighted by Gasteiger charge is 2.30. The minimum absolute atomic E-state index is 0.272. The molecular weight excluding hydrogens is 270 g/mol. The van der Waals surface area contributed by atoms with Crippen molar-refractivity contribution in [2.75, 3.05) is 6.54 Å². The van der Waals surface area contributed by atoms with Crippen molar-refractivity contribution in [3.63, 3.8) is 0 Å². The van der Waals surface area contributed by atoms with Crippen LogP contribution in [-0.4, -0.2) is 18.7 Å². The molecule has 1 aromatic carbocycles. The molecule has 0 radical (unpaired) electrons. The van der Waals surface area contributed by atoms with E-state index < -0.39 is 0 Å². The third-order valence-electron chi connectivity index (χ3n) is 4.36. The molecule has 0 bridgehead atoms. The first-order chi connectivity index (χ1) is 9.63. The fourth-order valence-electron chi connectivity index (χ4n) is 3.07. The van der Waals surface area contributed by atoms with Crippen molar-refractivity contribution in [2.45, 2.75) is 58.6 Å². The number of aryl methyl sites for hydroxylation is 1. The molecule has 3 heteroatoms. The summed E-state index contributed by atoms with van der Waals surface area (Å²) in [5, 5.41) is 4.38. The highest BCUT2D eigenvalue weighted by molar-refractivity contribution is 6.31. The summed E-state index contributed by atoms with van der Waals surface area (Å²) in [6, 6.07) is 6.42. The first kappa shape index (κ1) is 15.7. The Labute approximate surface area is 127 Å². The maximum absolute atomic E-state index is 6.27. The Bertz CT molecular complexity index is 435. The van der Waals surface area contributed by atoms with Crippen molar-refractivity contribution >= 4 is 11.6 Å². The van der Waals surface area contributed by atoms with E-state index in [-0.39, 0.29) is 6.10 Å². The number of hydrogen-bond acceptors (Lipinski definition) is 2. The lowest BCUT2D eigenvalue weighted by Gasteiger charge is -2.36. The summed E-state index contributed by atoms with van der Waals surface area (Å²) in [4.78, 5) is 0. The van der Waals surface area contributed by atoms with E-state index in [2.05, 4.69) is 19.2 Å². The fraction of sp³-hybridized carbons (Fsp3) is 0.647. The predicted molar refractivity (Wildman–Crippen MR) is 85.7 cm³/mol. The van der Waals surface area contributed by atoms with Gasteiger partial charge in [-0.2, -0.15) is 0 Å². The van der Waals surface area contributed by atoms with Crippen LogP contribution >= 0.6 is 11.6 Å². The van der Waals surface area contributed by atoms with Gasteiger partial charge in [-0.15, -0.1) is 0 Å². The number of likely N-dealkylation sites (N-methyl/N-ethyl adjacent to an activating group) is 1. The molecule has 1 N–H and O–H groups in total. The van der Waals surface area contributed by atoms with E-state index in [0.29, 0.717) is 6.04 Å². The second-order valence-electron chi connectivity index (χ2n) is 5.82. The molecule has 112 valence electrons. The second kappa shape index (κ2) is 7.33. The van der Waals surface area contributed by atoms with Gasteiger partial charge in [0.15, 0.2) is 0 Å². The lowest BCUT2D eigenvalue weighted by molar-refractivity contribution is 0.0856. The topological polar surface area (TPSA) is 21.3 Å². The summed E-state index contributed by atoms with van der Waals surface area (Å²) in [6.07, 6.45) is 5.19. The summed E-state index contributed by atoms with van der Waals surface area (Å²) >= 11 is 6.08. The fourth-order valence-corrected chi connectivity index (χ4v) is 3.19. The van der Waals surface area contributed by atoms with E-state index in [1.165, 1.54) is 19.3 Å². The van der Waals surface area contributed by atoms with Crippen LogP contribution < -0.4 is 10.1 Å². The van der Waals surface area contributed by atoms with Crippen LogP contribution in [0.3, 0.4) is 0 Å². The zero-order chi connectivity index (χ0) is 14.5. The summed E-state index contributed by atoms with van der Waals surface area (Å²) in [5.41, 5.74) is 1.08. The molecule has 0 heterocycles. The Morgan fingerprint density at radius 3 is 2.75 bits per heavy atom. The van der Waals surface area contributed by atoms with Gasteiger partial charge in [0.1, 0.15) is 11.9 Å². The summed E-state index contributed by atoms with van der Waals surface area (Å²) in [5.74, 6) is 1.74. The SMILES string of the molecule is CCNC1CCC(CC)CC1Oc1ccc(Cl)c(C)c1. The molecule has 2 rings (SSSR count). The predicted octanol–water partition coefficient (Wildman–Crippen LogP) is 4.58. The van der Waals surface area contributed by atoms with Crippen molar-refractivity contribution < 1.29 is 4.74 Å². The third kappa shape index (κ3) is 3.89. The Hall–Kier alpha value is -0.730. The van der Waals surface area contributed by atoms with Gasteiger partial charge in [0.2, 0.25) is 0 Å². The van der Waals surface area contributed by atoms with E-state index in [9.17, 15) is 0 Å². The second-order valence-corrected chi connectivity index (χ2v) is 6.23. The van der Waals surface area contributed by atoms with E-state index in [1.807, 2.05) is 25.1 Å². The monoisotopic (exact) mass is 295 g/mol. The molecular formula is C17H26ClNO. The zero-order valence-corrected chi connectivity index (χ0v) is 13.5. The quantitative estimate of drug-likeness (QED) is 0.858. The molecule has 2 nitrogen and oxygen atoms in total. The van der Waals surface area contributed by atoms with Crippen LogP contribution in [0.5, 0.6) is 5.75 Å². The van der Waals surface area contributed by atoms with Crippen LogP contribution in [0.1, 0.15) is 45.1 Å². The van der Waals surface area contributed by atoms with Crippen molar-refractivity contribution in [1.82, 2.24) is 5.32 Å². The van der Waals surface area contributed by atoms with Crippen LogP contribution in [0.4, 0.5) is 0 Å². The molecule has 0 aromatic heterocycles. The van der Waals surface area contributed by atoms with Gasteiger partial charge in [-0.25, -0.2) is 0 Å². The molecule has 3 atom stereocenters. The van der Waals surface area contributed by atoms with Crippen LogP contribution in [0.15, 0.2) is 18.2 Å². The van der Waals surface area contributed by atoms with Crippen molar-refractivity contribution in [3.8, 4) is 5.75 Å². The minimum atomic E-state index is 0.272. The van der Waals surface area contributed by atoms with Gasteiger partial charge in [-0.05, 0) is 62.4 Å². The molecule has 0 amide bonds. The number of benzene rings is 1. The van der Waals surface area contributed by atoms with Crippen molar-refractivity contribution in [2.24, 2.45) is 5.92 Å². The molecule has 1 saturated carbocycles. The third-order valence-corrected chi connectivity index (χ3v) is 4.78. The number of halogens is 1. The molecule has 1 aliphatic carbocycles. The molecule has 0 aliphatic heterocycles. The van der Waals surface area contributed by atoms with Crippen LogP contribution in [-0.2, 0) is 0 Å². The van der Waals surface area contributed by atoms with Gasteiger partial charge in [-0.1, -0.05) is 31.9 Å². The Balaban J connectivity index is 2.07. The van der Waals surface area contributed by atoms with Gasteiger partial charge < -0.3 is 10.1 Å². The summed E-state index contributed by atoms with van der Waals surface area (Å²) < 4.78 is 6.27.